The molecule has 5 heteroatoms. The highest BCUT2D eigenvalue weighted by Gasteiger charge is 2.30. The van der Waals surface area contributed by atoms with Crippen molar-refractivity contribution < 1.29 is 13.5 Å². The third-order valence-electron chi connectivity index (χ3n) is 3.48. The van der Waals surface area contributed by atoms with E-state index in [0.29, 0.717) is 13.0 Å². The number of hydrogen-bond donors (Lipinski definition) is 1. The maximum absolute atomic E-state index is 11.6. The van der Waals surface area contributed by atoms with E-state index in [1.807, 2.05) is 6.92 Å². The third kappa shape index (κ3) is 4.94. The second-order valence-corrected chi connectivity index (χ2v) is 7.80. The minimum Gasteiger partial charge on any atom is -0.396 e. The zero-order valence-corrected chi connectivity index (χ0v) is 11.8. The van der Waals surface area contributed by atoms with Gasteiger partial charge in [-0.3, -0.25) is 0 Å². The van der Waals surface area contributed by atoms with Crippen molar-refractivity contribution >= 4 is 9.84 Å². The van der Waals surface area contributed by atoms with Gasteiger partial charge in [0.2, 0.25) is 0 Å². The average molecular weight is 263 g/mol. The molecule has 0 spiro atoms. The van der Waals surface area contributed by atoms with Crippen molar-refractivity contribution in [3.05, 3.63) is 0 Å². The monoisotopic (exact) mass is 263 g/mol. The molecule has 102 valence electrons. The third-order valence-corrected chi connectivity index (χ3v) is 5.31. The van der Waals surface area contributed by atoms with Gasteiger partial charge in [-0.05, 0) is 25.8 Å². The second kappa shape index (κ2) is 6.16. The topological polar surface area (TPSA) is 57.6 Å². The summed E-state index contributed by atoms with van der Waals surface area (Å²) in [6.45, 7) is 6.52. The van der Waals surface area contributed by atoms with Crippen LogP contribution in [0.4, 0.5) is 0 Å². The number of piperidine rings is 1. The molecule has 1 rings (SSSR count). The van der Waals surface area contributed by atoms with Gasteiger partial charge >= 0.3 is 0 Å². The molecule has 0 amide bonds. The van der Waals surface area contributed by atoms with E-state index in [4.69, 9.17) is 0 Å². The van der Waals surface area contributed by atoms with E-state index in [1.165, 1.54) is 0 Å². The van der Waals surface area contributed by atoms with Crippen molar-refractivity contribution in [2.75, 3.05) is 37.7 Å². The highest BCUT2D eigenvalue weighted by atomic mass is 32.2. The Balaban J connectivity index is 2.42. The lowest BCUT2D eigenvalue weighted by atomic mass is 9.83. The summed E-state index contributed by atoms with van der Waals surface area (Å²) in [6.07, 6.45) is 2.77. The summed E-state index contributed by atoms with van der Waals surface area (Å²) in [5.74, 6) is 0.542. The van der Waals surface area contributed by atoms with Crippen molar-refractivity contribution in [2.24, 2.45) is 5.41 Å². The van der Waals surface area contributed by atoms with Crippen LogP contribution in [-0.2, 0) is 9.84 Å². The Bertz CT molecular complexity index is 329. The fraction of sp³-hybridized carbons (Fsp3) is 1.00. The fourth-order valence-corrected chi connectivity index (χ4v) is 3.79. The van der Waals surface area contributed by atoms with Gasteiger partial charge in [-0.1, -0.05) is 13.8 Å². The lowest BCUT2D eigenvalue weighted by Crippen LogP contribution is -2.45. The first-order valence-corrected chi connectivity index (χ1v) is 8.26. The molecule has 0 saturated carbocycles. The molecule has 0 bridgehead atoms. The van der Waals surface area contributed by atoms with Crippen LogP contribution in [0.2, 0.25) is 0 Å². The summed E-state index contributed by atoms with van der Waals surface area (Å²) in [5.41, 5.74) is -0.0488. The maximum Gasteiger partial charge on any atom is 0.151 e. The Morgan fingerprint density at radius 2 is 2.06 bits per heavy atom. The lowest BCUT2D eigenvalue weighted by molar-refractivity contribution is 0.0497. The highest BCUT2D eigenvalue weighted by molar-refractivity contribution is 7.91. The molecule has 1 fully saturated rings. The van der Waals surface area contributed by atoms with Gasteiger partial charge in [-0.15, -0.1) is 0 Å². The van der Waals surface area contributed by atoms with Crippen LogP contribution in [0.3, 0.4) is 0 Å². The molecular weight excluding hydrogens is 238 g/mol. The molecule has 0 aromatic carbocycles. The van der Waals surface area contributed by atoms with Crippen LogP contribution in [-0.4, -0.2) is 56.2 Å². The maximum atomic E-state index is 11.6. The van der Waals surface area contributed by atoms with E-state index < -0.39 is 9.84 Å². The Morgan fingerprint density at radius 3 is 2.65 bits per heavy atom. The van der Waals surface area contributed by atoms with Crippen molar-refractivity contribution in [2.45, 2.75) is 33.1 Å². The molecule has 1 aliphatic rings. The Kier molecular flexibility index (Phi) is 5.41. The number of hydrogen-bond acceptors (Lipinski definition) is 4. The highest BCUT2D eigenvalue weighted by Crippen LogP contribution is 2.28. The summed E-state index contributed by atoms with van der Waals surface area (Å²) in [7, 11) is -2.88. The number of aliphatic hydroxyl groups excluding tert-OH is 1. The minimum absolute atomic E-state index is 0.0488. The summed E-state index contributed by atoms with van der Waals surface area (Å²) in [6, 6.07) is 0. The first kappa shape index (κ1) is 14.9. The molecule has 4 nitrogen and oxygen atoms in total. The van der Waals surface area contributed by atoms with Crippen LogP contribution >= 0.6 is 0 Å². The molecule has 17 heavy (non-hydrogen) atoms. The molecule has 0 radical (unpaired) electrons. The molecular formula is C12H25NO3S. The Hall–Kier alpha value is -0.130. The van der Waals surface area contributed by atoms with E-state index in [-0.39, 0.29) is 23.5 Å². The van der Waals surface area contributed by atoms with E-state index in [1.54, 1.807) is 0 Å². The number of sulfone groups is 1. The van der Waals surface area contributed by atoms with Gasteiger partial charge in [0.15, 0.2) is 9.84 Å². The first-order chi connectivity index (χ1) is 7.91. The van der Waals surface area contributed by atoms with Gasteiger partial charge in [-0.25, -0.2) is 8.42 Å². The van der Waals surface area contributed by atoms with Crippen LogP contribution in [0.15, 0.2) is 0 Å². The lowest BCUT2D eigenvalue weighted by Gasteiger charge is -2.39. The van der Waals surface area contributed by atoms with Crippen LogP contribution in [0.5, 0.6) is 0 Å². The molecule has 1 saturated heterocycles. The van der Waals surface area contributed by atoms with Crippen molar-refractivity contribution in [3.63, 3.8) is 0 Å². The smallest absolute Gasteiger partial charge is 0.151 e. The molecule has 1 atom stereocenters. The number of likely N-dealkylation sites (tertiary alicyclic amines) is 1. The van der Waals surface area contributed by atoms with E-state index in [9.17, 15) is 13.5 Å². The number of rotatable bonds is 6. The SMILES string of the molecule is CCCS(=O)(=O)CCN1CCCC(C)(CO)C1. The molecule has 1 unspecified atom stereocenters. The fourth-order valence-electron chi connectivity index (χ4n) is 2.43. The molecule has 1 N–H and O–H groups in total. The van der Waals surface area contributed by atoms with Gasteiger partial charge in [0.25, 0.3) is 0 Å². The van der Waals surface area contributed by atoms with Gasteiger partial charge in [0, 0.05) is 30.9 Å². The molecule has 0 aromatic heterocycles. The van der Waals surface area contributed by atoms with Gasteiger partial charge < -0.3 is 10.0 Å². The minimum atomic E-state index is -2.88. The number of nitrogens with zero attached hydrogens (tertiary/aromatic N) is 1. The van der Waals surface area contributed by atoms with Crippen molar-refractivity contribution in [3.8, 4) is 0 Å². The summed E-state index contributed by atoms with van der Waals surface area (Å²) >= 11 is 0. The standard InChI is InChI=1S/C12H25NO3S/c1-3-8-17(15,16)9-7-13-6-4-5-12(2,10-13)11-14/h14H,3-11H2,1-2H3. The van der Waals surface area contributed by atoms with E-state index in [2.05, 4.69) is 11.8 Å². The van der Waals surface area contributed by atoms with Crippen LogP contribution < -0.4 is 0 Å². The molecule has 0 aliphatic carbocycles. The molecule has 1 aliphatic heterocycles. The summed E-state index contributed by atoms with van der Waals surface area (Å²) < 4.78 is 23.3. The first-order valence-electron chi connectivity index (χ1n) is 6.44. The second-order valence-electron chi connectivity index (χ2n) is 5.50. The van der Waals surface area contributed by atoms with Crippen molar-refractivity contribution in [1.82, 2.24) is 4.90 Å². The van der Waals surface area contributed by atoms with Crippen LogP contribution in [0.1, 0.15) is 33.1 Å². The van der Waals surface area contributed by atoms with Gasteiger partial charge in [0.1, 0.15) is 0 Å². The van der Waals surface area contributed by atoms with Crippen molar-refractivity contribution in [1.29, 1.82) is 0 Å². The van der Waals surface area contributed by atoms with Gasteiger partial charge in [-0.2, -0.15) is 0 Å². The predicted molar refractivity (Wildman–Crippen MR) is 69.8 cm³/mol. The molecule has 0 aromatic rings. The summed E-state index contributed by atoms with van der Waals surface area (Å²) in [5, 5.41) is 9.34. The largest absolute Gasteiger partial charge is 0.396 e. The van der Waals surface area contributed by atoms with Crippen LogP contribution in [0, 0.1) is 5.41 Å². The normalized spacial score (nSPS) is 27.2. The quantitative estimate of drug-likeness (QED) is 0.774. The van der Waals surface area contributed by atoms with Crippen LogP contribution in [0.25, 0.3) is 0 Å². The summed E-state index contributed by atoms with van der Waals surface area (Å²) in [4.78, 5) is 2.17. The Labute approximate surface area is 105 Å². The van der Waals surface area contributed by atoms with E-state index >= 15 is 0 Å². The van der Waals surface area contributed by atoms with E-state index in [0.717, 1.165) is 25.9 Å². The predicted octanol–water partition coefficient (Wildman–Crippen LogP) is 0.906. The zero-order chi connectivity index (χ0) is 12.9. The average Bonchev–Trinajstić information content (AvgIpc) is 2.27. The van der Waals surface area contributed by atoms with Gasteiger partial charge in [0.05, 0.1) is 5.75 Å². The zero-order valence-electron chi connectivity index (χ0n) is 11.0. The Morgan fingerprint density at radius 1 is 1.35 bits per heavy atom. The number of aliphatic hydroxyl groups is 1. The molecule has 1 heterocycles.